The molecule has 0 atom stereocenters. The highest BCUT2D eigenvalue weighted by Gasteiger charge is 2.19. The Kier molecular flexibility index (Phi) is 3.41. The molecule has 0 heterocycles. The summed E-state index contributed by atoms with van der Waals surface area (Å²) >= 11 is 3.41. The lowest BCUT2D eigenvalue weighted by molar-refractivity contribution is 0.111. The Hall–Kier alpha value is -0.830. The number of carbonyl (C=O) groups excluding carboxylic acids is 1. The first-order chi connectivity index (χ1) is 7.31. The molecular formula is C12H13BrO2. The van der Waals surface area contributed by atoms with E-state index in [1.165, 1.54) is 12.8 Å². The predicted octanol–water partition coefficient (Wildman–Crippen LogP) is 3.58. The van der Waals surface area contributed by atoms with E-state index in [9.17, 15) is 4.79 Å². The highest BCUT2D eigenvalue weighted by atomic mass is 79.9. The fourth-order valence-electron chi connectivity index (χ4n) is 1.92. The molecule has 1 aliphatic carbocycles. The number of benzene rings is 1. The summed E-state index contributed by atoms with van der Waals surface area (Å²) in [5.74, 6) is 0.694. The van der Waals surface area contributed by atoms with E-state index in [-0.39, 0.29) is 6.10 Å². The van der Waals surface area contributed by atoms with Crippen LogP contribution in [0.3, 0.4) is 0 Å². The summed E-state index contributed by atoms with van der Waals surface area (Å²) in [6.45, 7) is 0. The van der Waals surface area contributed by atoms with Crippen molar-refractivity contribution in [1.82, 2.24) is 0 Å². The number of rotatable bonds is 3. The normalized spacial score (nSPS) is 16.6. The van der Waals surface area contributed by atoms with Crippen LogP contribution < -0.4 is 4.74 Å². The molecule has 1 saturated carbocycles. The molecule has 1 aliphatic rings. The van der Waals surface area contributed by atoms with Crippen LogP contribution in [0.2, 0.25) is 0 Å². The Morgan fingerprint density at radius 3 is 2.73 bits per heavy atom. The molecule has 0 aliphatic heterocycles. The highest BCUT2D eigenvalue weighted by Crippen LogP contribution is 2.32. The third-order valence-electron chi connectivity index (χ3n) is 2.71. The number of halogens is 1. The Balaban J connectivity index is 2.21. The van der Waals surface area contributed by atoms with Crippen molar-refractivity contribution in [2.45, 2.75) is 31.8 Å². The van der Waals surface area contributed by atoms with Crippen LogP contribution in [-0.4, -0.2) is 12.4 Å². The average molecular weight is 269 g/mol. The fourth-order valence-corrected chi connectivity index (χ4v) is 2.39. The quantitative estimate of drug-likeness (QED) is 0.784. The van der Waals surface area contributed by atoms with E-state index < -0.39 is 0 Å². The van der Waals surface area contributed by atoms with Gasteiger partial charge in [0.1, 0.15) is 5.75 Å². The maximum atomic E-state index is 10.9. The van der Waals surface area contributed by atoms with E-state index in [1.807, 2.05) is 12.1 Å². The molecule has 80 valence electrons. The Morgan fingerprint density at radius 1 is 1.33 bits per heavy atom. The van der Waals surface area contributed by atoms with Gasteiger partial charge in [0, 0.05) is 0 Å². The van der Waals surface area contributed by atoms with Crippen molar-refractivity contribution in [1.29, 1.82) is 0 Å². The highest BCUT2D eigenvalue weighted by molar-refractivity contribution is 9.10. The third kappa shape index (κ3) is 2.40. The molecule has 0 amide bonds. The topological polar surface area (TPSA) is 26.3 Å². The van der Waals surface area contributed by atoms with Gasteiger partial charge in [0.15, 0.2) is 6.29 Å². The molecule has 0 spiro atoms. The summed E-state index contributed by atoms with van der Waals surface area (Å²) in [5.41, 5.74) is 0.622. The van der Waals surface area contributed by atoms with Gasteiger partial charge in [-0.2, -0.15) is 0 Å². The summed E-state index contributed by atoms with van der Waals surface area (Å²) in [7, 11) is 0. The number of hydrogen-bond donors (Lipinski definition) is 0. The van der Waals surface area contributed by atoms with Crippen LogP contribution >= 0.6 is 15.9 Å². The van der Waals surface area contributed by atoms with Crippen LogP contribution in [0.1, 0.15) is 36.0 Å². The second-order valence-electron chi connectivity index (χ2n) is 3.80. The molecule has 2 nitrogen and oxygen atoms in total. The number of hydrogen-bond acceptors (Lipinski definition) is 2. The lowest BCUT2D eigenvalue weighted by atomic mass is 10.2. The first kappa shape index (κ1) is 10.7. The average Bonchev–Trinajstić information content (AvgIpc) is 2.74. The van der Waals surface area contributed by atoms with E-state index >= 15 is 0 Å². The fraction of sp³-hybridized carbons (Fsp3) is 0.417. The van der Waals surface area contributed by atoms with Gasteiger partial charge in [0.2, 0.25) is 0 Å². The molecule has 1 aromatic carbocycles. The third-order valence-corrected chi connectivity index (χ3v) is 3.34. The molecule has 0 radical (unpaired) electrons. The maximum absolute atomic E-state index is 10.9. The second kappa shape index (κ2) is 4.79. The largest absolute Gasteiger partial charge is 0.488 e. The molecule has 1 fully saturated rings. The van der Waals surface area contributed by atoms with Gasteiger partial charge < -0.3 is 4.74 Å². The minimum Gasteiger partial charge on any atom is -0.488 e. The van der Waals surface area contributed by atoms with Crippen molar-refractivity contribution in [2.75, 3.05) is 0 Å². The molecule has 1 aromatic rings. The molecule has 3 heteroatoms. The molecule has 2 rings (SSSR count). The van der Waals surface area contributed by atoms with Crippen molar-refractivity contribution in [3.63, 3.8) is 0 Å². The van der Waals surface area contributed by atoms with E-state index in [2.05, 4.69) is 15.9 Å². The van der Waals surface area contributed by atoms with Crippen molar-refractivity contribution in [3.8, 4) is 5.75 Å². The van der Waals surface area contributed by atoms with E-state index in [1.54, 1.807) is 6.07 Å². The smallest absolute Gasteiger partial charge is 0.153 e. The summed E-state index contributed by atoms with van der Waals surface area (Å²) < 4.78 is 6.71. The Morgan fingerprint density at radius 2 is 2.07 bits per heavy atom. The van der Waals surface area contributed by atoms with Gasteiger partial charge in [-0.25, -0.2) is 0 Å². The molecule has 0 N–H and O–H groups in total. The summed E-state index contributed by atoms with van der Waals surface area (Å²) in [6, 6.07) is 5.52. The van der Waals surface area contributed by atoms with Crippen LogP contribution in [0.5, 0.6) is 5.75 Å². The molecular weight excluding hydrogens is 256 g/mol. The van der Waals surface area contributed by atoms with Gasteiger partial charge >= 0.3 is 0 Å². The predicted molar refractivity (Wildman–Crippen MR) is 62.4 cm³/mol. The van der Waals surface area contributed by atoms with Gasteiger partial charge in [-0.15, -0.1) is 0 Å². The van der Waals surface area contributed by atoms with Crippen molar-refractivity contribution < 1.29 is 9.53 Å². The molecule has 0 bridgehead atoms. The Bertz CT molecular complexity index is 357. The van der Waals surface area contributed by atoms with Crippen molar-refractivity contribution in [2.24, 2.45) is 0 Å². The lowest BCUT2D eigenvalue weighted by Gasteiger charge is -2.15. The van der Waals surface area contributed by atoms with Gasteiger partial charge in [0.25, 0.3) is 0 Å². The van der Waals surface area contributed by atoms with Gasteiger partial charge in [-0.05, 0) is 53.7 Å². The second-order valence-corrected chi connectivity index (χ2v) is 4.65. The van der Waals surface area contributed by atoms with Crippen LogP contribution in [-0.2, 0) is 0 Å². The van der Waals surface area contributed by atoms with E-state index in [4.69, 9.17) is 4.74 Å². The first-order valence-electron chi connectivity index (χ1n) is 5.21. The number of aldehydes is 1. The zero-order valence-corrected chi connectivity index (χ0v) is 10.00. The molecule has 0 unspecified atom stereocenters. The number of carbonyl (C=O) groups is 1. The maximum Gasteiger partial charge on any atom is 0.153 e. The van der Waals surface area contributed by atoms with E-state index in [0.717, 1.165) is 23.6 Å². The number of ether oxygens (including phenoxy) is 1. The zero-order chi connectivity index (χ0) is 10.7. The van der Waals surface area contributed by atoms with Gasteiger partial charge in [0.05, 0.1) is 16.1 Å². The molecule has 0 saturated heterocycles. The zero-order valence-electron chi connectivity index (χ0n) is 8.41. The molecule has 15 heavy (non-hydrogen) atoms. The first-order valence-corrected chi connectivity index (χ1v) is 6.01. The summed E-state index contributed by atoms with van der Waals surface area (Å²) in [5, 5.41) is 0. The van der Waals surface area contributed by atoms with Crippen molar-refractivity contribution in [3.05, 3.63) is 28.2 Å². The SMILES string of the molecule is O=Cc1cccc(Br)c1OC1CCCC1. The van der Waals surface area contributed by atoms with Crippen LogP contribution in [0.4, 0.5) is 0 Å². The standard InChI is InChI=1S/C12H13BrO2/c13-11-7-3-4-9(8-14)12(11)15-10-5-1-2-6-10/h3-4,7-8,10H,1-2,5-6H2. The number of para-hydroxylation sites is 1. The monoisotopic (exact) mass is 268 g/mol. The van der Waals surface area contributed by atoms with Gasteiger partial charge in [-0.3, -0.25) is 4.79 Å². The van der Waals surface area contributed by atoms with E-state index in [0.29, 0.717) is 11.3 Å². The van der Waals surface area contributed by atoms with Crippen molar-refractivity contribution >= 4 is 22.2 Å². The van der Waals surface area contributed by atoms with Crippen LogP contribution in [0, 0.1) is 0 Å². The van der Waals surface area contributed by atoms with Crippen LogP contribution in [0.25, 0.3) is 0 Å². The molecule has 0 aromatic heterocycles. The Labute approximate surface area is 97.8 Å². The summed E-state index contributed by atoms with van der Waals surface area (Å²) in [4.78, 5) is 10.9. The van der Waals surface area contributed by atoms with Crippen LogP contribution in [0.15, 0.2) is 22.7 Å². The minimum absolute atomic E-state index is 0.280. The summed E-state index contributed by atoms with van der Waals surface area (Å²) in [6.07, 6.45) is 5.77. The van der Waals surface area contributed by atoms with Gasteiger partial charge in [-0.1, -0.05) is 6.07 Å². The lowest BCUT2D eigenvalue weighted by Crippen LogP contribution is -2.12. The minimum atomic E-state index is 0.280.